The summed E-state index contributed by atoms with van der Waals surface area (Å²) in [5.41, 5.74) is 1.69. The van der Waals surface area contributed by atoms with Gasteiger partial charge in [-0.15, -0.1) is 5.10 Å². The standard InChI is InChI=1S/C23H25F4N5/c1-14-16(4-3-5-21(14)23(25,26)27)11-29-22-20-10-18(6-7-19(20)15(2)30-31-22)32-9-8-28-12-17(24)13-32/h3-7,10,17,28H,8-9,11-13H2,1-2H3,(H,29,31). The van der Waals surface area contributed by atoms with Gasteiger partial charge in [-0.1, -0.05) is 18.2 Å². The van der Waals surface area contributed by atoms with Crippen molar-refractivity contribution in [3.63, 3.8) is 0 Å². The van der Waals surface area contributed by atoms with Gasteiger partial charge >= 0.3 is 6.18 Å². The maximum atomic E-state index is 14.1. The van der Waals surface area contributed by atoms with Crippen LogP contribution >= 0.6 is 0 Å². The van der Waals surface area contributed by atoms with Crippen molar-refractivity contribution in [1.82, 2.24) is 15.5 Å². The van der Waals surface area contributed by atoms with E-state index in [4.69, 9.17) is 0 Å². The molecular weight excluding hydrogens is 422 g/mol. The topological polar surface area (TPSA) is 53.1 Å². The minimum atomic E-state index is -4.40. The number of nitrogens with one attached hydrogen (secondary N) is 2. The molecule has 1 aliphatic rings. The quantitative estimate of drug-likeness (QED) is 0.572. The van der Waals surface area contributed by atoms with Crippen LogP contribution in [0.15, 0.2) is 36.4 Å². The van der Waals surface area contributed by atoms with Gasteiger partial charge < -0.3 is 15.5 Å². The monoisotopic (exact) mass is 447 g/mol. The molecule has 0 radical (unpaired) electrons. The molecule has 170 valence electrons. The average Bonchev–Trinajstić information content (AvgIpc) is 2.97. The first-order valence-corrected chi connectivity index (χ1v) is 10.5. The first kappa shape index (κ1) is 22.3. The molecule has 0 spiro atoms. The van der Waals surface area contributed by atoms with Crippen LogP contribution in [0.3, 0.4) is 0 Å². The van der Waals surface area contributed by atoms with Gasteiger partial charge in [-0.3, -0.25) is 0 Å². The SMILES string of the molecule is Cc1c(CNc2nnc(C)c3ccc(N4CCNCC(F)C4)cc23)cccc1C(F)(F)F. The Labute approximate surface area is 183 Å². The first-order chi connectivity index (χ1) is 15.2. The molecule has 0 saturated carbocycles. The number of rotatable bonds is 4. The van der Waals surface area contributed by atoms with Crippen molar-refractivity contribution < 1.29 is 17.6 Å². The normalized spacial score (nSPS) is 17.4. The van der Waals surface area contributed by atoms with Gasteiger partial charge in [-0.05, 0) is 43.2 Å². The molecule has 9 heteroatoms. The third-order valence-electron chi connectivity index (χ3n) is 5.85. The molecule has 32 heavy (non-hydrogen) atoms. The number of hydrogen-bond donors (Lipinski definition) is 2. The number of halogens is 4. The van der Waals surface area contributed by atoms with Crippen molar-refractivity contribution in [2.24, 2.45) is 0 Å². The lowest BCUT2D eigenvalue weighted by Crippen LogP contribution is -2.30. The molecule has 1 fully saturated rings. The summed E-state index contributed by atoms with van der Waals surface area (Å²) < 4.78 is 53.8. The van der Waals surface area contributed by atoms with Crippen LogP contribution in [0.25, 0.3) is 10.8 Å². The zero-order valence-corrected chi connectivity index (χ0v) is 17.9. The molecule has 0 amide bonds. The molecule has 2 heterocycles. The average molecular weight is 447 g/mol. The van der Waals surface area contributed by atoms with Gasteiger partial charge in [-0.2, -0.15) is 18.3 Å². The van der Waals surface area contributed by atoms with Gasteiger partial charge in [0.25, 0.3) is 0 Å². The summed E-state index contributed by atoms with van der Waals surface area (Å²) in [4.78, 5) is 1.99. The van der Waals surface area contributed by atoms with Gasteiger partial charge in [0.1, 0.15) is 6.17 Å². The zero-order chi connectivity index (χ0) is 22.9. The third-order valence-corrected chi connectivity index (χ3v) is 5.85. The number of alkyl halides is 4. The van der Waals surface area contributed by atoms with E-state index in [1.807, 2.05) is 30.0 Å². The van der Waals surface area contributed by atoms with Crippen LogP contribution in [-0.2, 0) is 12.7 Å². The predicted molar refractivity (Wildman–Crippen MR) is 118 cm³/mol. The van der Waals surface area contributed by atoms with Gasteiger partial charge in [-0.25, -0.2) is 4.39 Å². The first-order valence-electron chi connectivity index (χ1n) is 10.5. The van der Waals surface area contributed by atoms with E-state index >= 15 is 0 Å². The molecule has 2 N–H and O–H groups in total. The maximum Gasteiger partial charge on any atom is 0.416 e. The fourth-order valence-corrected chi connectivity index (χ4v) is 4.07. The van der Waals surface area contributed by atoms with E-state index in [-0.39, 0.29) is 12.1 Å². The predicted octanol–water partition coefficient (Wildman–Crippen LogP) is 4.63. The van der Waals surface area contributed by atoms with E-state index in [1.54, 1.807) is 6.07 Å². The largest absolute Gasteiger partial charge is 0.416 e. The Morgan fingerprint density at radius 1 is 1.12 bits per heavy atom. The van der Waals surface area contributed by atoms with Gasteiger partial charge in [0.15, 0.2) is 5.82 Å². The van der Waals surface area contributed by atoms with E-state index < -0.39 is 17.9 Å². The smallest absolute Gasteiger partial charge is 0.367 e. The maximum absolute atomic E-state index is 14.1. The minimum absolute atomic E-state index is 0.174. The Morgan fingerprint density at radius 2 is 1.94 bits per heavy atom. The summed E-state index contributed by atoms with van der Waals surface area (Å²) in [5.74, 6) is 0.481. The lowest BCUT2D eigenvalue weighted by atomic mass is 10.0. The van der Waals surface area contributed by atoms with Crippen molar-refractivity contribution in [1.29, 1.82) is 0 Å². The molecule has 1 aliphatic heterocycles. The molecule has 4 rings (SSSR count). The van der Waals surface area contributed by atoms with Crippen LogP contribution in [0, 0.1) is 13.8 Å². The van der Waals surface area contributed by atoms with Crippen LogP contribution in [-0.4, -0.2) is 42.5 Å². The summed E-state index contributed by atoms with van der Waals surface area (Å²) in [6, 6.07) is 9.97. The Balaban J connectivity index is 1.65. The Hall–Kier alpha value is -2.94. The van der Waals surface area contributed by atoms with Crippen LogP contribution in [0.5, 0.6) is 0 Å². The molecule has 1 saturated heterocycles. The van der Waals surface area contributed by atoms with Crippen molar-refractivity contribution >= 4 is 22.3 Å². The van der Waals surface area contributed by atoms with E-state index in [2.05, 4.69) is 20.8 Å². The zero-order valence-electron chi connectivity index (χ0n) is 17.9. The summed E-state index contributed by atoms with van der Waals surface area (Å²) in [6.45, 7) is 5.48. The van der Waals surface area contributed by atoms with Gasteiger partial charge in [0, 0.05) is 42.6 Å². The van der Waals surface area contributed by atoms with Crippen LogP contribution < -0.4 is 15.5 Å². The van der Waals surface area contributed by atoms with Crippen molar-refractivity contribution in [3.05, 3.63) is 58.8 Å². The van der Waals surface area contributed by atoms with Gasteiger partial charge in [0.2, 0.25) is 0 Å². The number of aromatic nitrogens is 2. The van der Waals surface area contributed by atoms with Gasteiger partial charge in [0.05, 0.1) is 17.8 Å². The van der Waals surface area contributed by atoms with E-state index in [0.717, 1.165) is 28.2 Å². The molecular formula is C23H25F4N5. The van der Waals surface area contributed by atoms with Crippen LogP contribution in [0.1, 0.15) is 22.4 Å². The summed E-state index contributed by atoms with van der Waals surface area (Å²) >= 11 is 0. The fraction of sp³-hybridized carbons (Fsp3) is 0.391. The lowest BCUT2D eigenvalue weighted by Gasteiger charge is -2.24. The van der Waals surface area contributed by atoms with Crippen molar-refractivity contribution in [2.75, 3.05) is 36.4 Å². The number of hydrogen-bond acceptors (Lipinski definition) is 5. The van der Waals surface area contributed by atoms with E-state index in [1.165, 1.54) is 13.0 Å². The molecule has 3 aromatic rings. The van der Waals surface area contributed by atoms with Crippen molar-refractivity contribution in [3.8, 4) is 0 Å². The fourth-order valence-electron chi connectivity index (χ4n) is 4.07. The number of fused-ring (bicyclic) bond motifs is 1. The Bertz CT molecular complexity index is 1120. The number of nitrogens with zero attached hydrogens (tertiary/aromatic N) is 3. The number of aryl methyl sites for hydroxylation is 1. The molecule has 1 unspecified atom stereocenters. The molecule has 1 atom stereocenters. The molecule has 2 aromatic carbocycles. The minimum Gasteiger partial charge on any atom is -0.367 e. The van der Waals surface area contributed by atoms with E-state index in [9.17, 15) is 17.6 Å². The summed E-state index contributed by atoms with van der Waals surface area (Å²) in [7, 11) is 0. The highest BCUT2D eigenvalue weighted by molar-refractivity contribution is 5.95. The van der Waals surface area contributed by atoms with Crippen LogP contribution in [0.4, 0.5) is 29.1 Å². The third kappa shape index (κ3) is 4.62. The second-order valence-electron chi connectivity index (χ2n) is 8.05. The lowest BCUT2D eigenvalue weighted by molar-refractivity contribution is -0.138. The summed E-state index contributed by atoms with van der Waals surface area (Å²) in [5, 5.41) is 16.4. The molecule has 1 aromatic heterocycles. The second-order valence-corrected chi connectivity index (χ2v) is 8.05. The highest BCUT2D eigenvalue weighted by atomic mass is 19.4. The summed E-state index contributed by atoms with van der Waals surface area (Å²) in [6.07, 6.45) is -5.37. The van der Waals surface area contributed by atoms with E-state index in [0.29, 0.717) is 37.6 Å². The second kappa shape index (κ2) is 8.90. The molecule has 0 aliphatic carbocycles. The van der Waals surface area contributed by atoms with Crippen molar-refractivity contribution in [2.45, 2.75) is 32.7 Å². The Kier molecular flexibility index (Phi) is 6.19. The van der Waals surface area contributed by atoms with Crippen LogP contribution in [0.2, 0.25) is 0 Å². The number of anilines is 2. The molecule has 5 nitrogen and oxygen atoms in total. The Morgan fingerprint density at radius 3 is 2.72 bits per heavy atom. The molecule has 0 bridgehead atoms. The highest BCUT2D eigenvalue weighted by Crippen LogP contribution is 2.33. The highest BCUT2D eigenvalue weighted by Gasteiger charge is 2.32. The number of benzene rings is 2.